The van der Waals surface area contributed by atoms with Gasteiger partial charge in [0.25, 0.3) is 22.9 Å². The molecule has 5 heterocycles. The van der Waals surface area contributed by atoms with Crippen molar-refractivity contribution in [2.45, 2.75) is 205 Å². The van der Waals surface area contributed by atoms with Crippen molar-refractivity contribution in [3.8, 4) is 0 Å². The van der Waals surface area contributed by atoms with Crippen LogP contribution in [-0.2, 0) is 37.4 Å². The van der Waals surface area contributed by atoms with Crippen LogP contribution in [-0.4, -0.2) is 133 Å². The van der Waals surface area contributed by atoms with Crippen LogP contribution in [0, 0.1) is 13.8 Å². The Kier molecular flexibility index (Phi) is 16.5. The molecule has 3 aliphatic heterocycles. The van der Waals surface area contributed by atoms with E-state index in [1.54, 1.807) is 55.4 Å². The molecule has 20 nitrogen and oxygen atoms in total. The van der Waals surface area contributed by atoms with E-state index in [1.165, 1.54) is 34.0 Å². The van der Waals surface area contributed by atoms with Gasteiger partial charge < -0.3 is 38.4 Å². The van der Waals surface area contributed by atoms with E-state index < -0.39 is 110 Å². The predicted molar refractivity (Wildman–Crippen MR) is 273 cm³/mol. The van der Waals surface area contributed by atoms with Crippen LogP contribution in [0.25, 0.3) is 0 Å². The van der Waals surface area contributed by atoms with Crippen molar-refractivity contribution in [3.63, 3.8) is 0 Å². The number of aryl methyl sites for hydroxylation is 2. The molecule has 2 fully saturated rings. The molecule has 0 aromatic carbocycles. The van der Waals surface area contributed by atoms with Crippen molar-refractivity contribution in [1.29, 1.82) is 0 Å². The molecule has 2 saturated heterocycles. The summed E-state index contributed by atoms with van der Waals surface area (Å²) in [6.07, 6.45) is 2.34. The van der Waals surface area contributed by atoms with Gasteiger partial charge in [-0.05, 0) is 91.7 Å². The first-order chi connectivity index (χ1) is 31.9. The molecule has 8 atom stereocenters. The Bertz CT molecular complexity index is 2380. The van der Waals surface area contributed by atoms with Crippen LogP contribution in [0.3, 0.4) is 0 Å². The maximum atomic E-state index is 14.5. The first-order valence-corrected chi connectivity index (χ1v) is 30.0. The smallest absolute Gasteiger partial charge is 0.330 e. The topological polar surface area (TPSA) is 248 Å². The minimum absolute atomic E-state index is 0.0261. The number of aromatic amines is 2. The van der Waals surface area contributed by atoms with Crippen molar-refractivity contribution in [2.75, 3.05) is 26.3 Å². The average molecular weight is 1020 g/mol. The molecule has 0 bridgehead atoms. The quantitative estimate of drug-likeness (QED) is 0.214. The highest BCUT2D eigenvalue weighted by Crippen LogP contribution is 2.43. The third-order valence-corrected chi connectivity index (χ3v) is 23.3. The number of amides is 2. The summed E-state index contributed by atoms with van der Waals surface area (Å²) in [7, 11) is -4.80. The van der Waals surface area contributed by atoms with Gasteiger partial charge in [-0.25, -0.2) is 9.59 Å². The summed E-state index contributed by atoms with van der Waals surface area (Å²) in [6, 6.07) is 0. The van der Waals surface area contributed by atoms with E-state index >= 15 is 0 Å². The molecular weight excluding hydrogens is 937 g/mol. The summed E-state index contributed by atoms with van der Waals surface area (Å²) in [6.45, 7) is 34.6. The molecule has 4 N–H and O–H groups in total. The highest BCUT2D eigenvalue weighted by molar-refractivity contribution is 6.74. The first kappa shape index (κ1) is 56.7. The van der Waals surface area contributed by atoms with Crippen molar-refractivity contribution in [2.24, 2.45) is 9.98 Å². The van der Waals surface area contributed by atoms with Gasteiger partial charge in [0.05, 0.1) is 49.6 Å². The van der Waals surface area contributed by atoms with Crippen LogP contribution < -0.4 is 33.1 Å². The third-order valence-electron chi connectivity index (χ3n) is 14.3. The number of hydrogen-bond acceptors (Lipinski definition) is 14. The Morgan fingerprint density at radius 3 is 1.26 bits per heavy atom. The second kappa shape index (κ2) is 20.4. The number of rotatable bonds is 12. The van der Waals surface area contributed by atoms with E-state index in [-0.39, 0.29) is 36.4 Å². The zero-order valence-corrected chi connectivity index (χ0v) is 46.7. The fourth-order valence-electron chi connectivity index (χ4n) is 7.67. The molecule has 70 heavy (non-hydrogen) atoms. The summed E-state index contributed by atoms with van der Waals surface area (Å²) < 4.78 is 42.5. The second-order valence-corrected chi connectivity index (χ2v) is 33.5. The molecule has 0 saturated carbocycles. The number of hydrogen-bond donors (Lipinski definition) is 4. The molecular formula is C48H80N8O12Si2. The van der Waals surface area contributed by atoms with E-state index in [1.807, 2.05) is 0 Å². The number of aliphatic imine (C=N–C) groups is 2. The molecule has 5 rings (SSSR count). The van der Waals surface area contributed by atoms with E-state index in [4.69, 9.17) is 37.8 Å². The first-order valence-electron chi connectivity index (χ1n) is 24.1. The molecule has 392 valence electrons. The van der Waals surface area contributed by atoms with Gasteiger partial charge in [-0.2, -0.15) is 0 Å². The van der Waals surface area contributed by atoms with Crippen LogP contribution in [0.2, 0.25) is 36.3 Å². The normalized spacial score (nSPS) is 29.2. The maximum absolute atomic E-state index is 14.5. The number of aromatic nitrogens is 4. The largest absolute Gasteiger partial charge is 0.411 e. The lowest BCUT2D eigenvalue weighted by atomic mass is 9.99. The Labute approximate surface area is 413 Å². The van der Waals surface area contributed by atoms with Gasteiger partial charge >= 0.3 is 11.4 Å². The van der Waals surface area contributed by atoms with Gasteiger partial charge in [0.15, 0.2) is 27.8 Å². The maximum Gasteiger partial charge on any atom is 0.330 e. The number of ether oxygens (including phenoxy) is 4. The Morgan fingerprint density at radius 2 is 0.943 bits per heavy atom. The van der Waals surface area contributed by atoms with E-state index in [9.17, 15) is 28.8 Å². The minimum atomic E-state index is -2.40. The van der Waals surface area contributed by atoms with Gasteiger partial charge in [0.2, 0.25) is 0 Å². The van der Waals surface area contributed by atoms with Gasteiger partial charge in [0.1, 0.15) is 24.7 Å². The zero-order valence-electron chi connectivity index (χ0n) is 44.7. The average Bonchev–Trinajstić information content (AvgIpc) is 3.79. The Hall–Kier alpha value is -4.17. The van der Waals surface area contributed by atoms with Crippen molar-refractivity contribution in [1.82, 2.24) is 29.7 Å². The molecule has 2 amide bonds. The molecule has 0 radical (unpaired) electrons. The second-order valence-electron chi connectivity index (χ2n) is 24.0. The molecule has 0 aliphatic carbocycles. The minimum Gasteiger partial charge on any atom is -0.411 e. The highest BCUT2D eigenvalue weighted by atomic mass is 28.4. The van der Waals surface area contributed by atoms with Crippen molar-refractivity contribution < 1.29 is 37.4 Å². The number of carbonyl (C=O) groups excluding carboxylic acids is 2. The summed E-state index contributed by atoms with van der Waals surface area (Å²) in [5.41, 5.74) is -6.76. The molecule has 3 aliphatic rings. The molecule has 0 unspecified atom stereocenters. The lowest BCUT2D eigenvalue weighted by Crippen LogP contribution is -2.59. The van der Waals surface area contributed by atoms with Gasteiger partial charge in [-0.3, -0.25) is 48.3 Å². The monoisotopic (exact) mass is 1020 g/mol. The van der Waals surface area contributed by atoms with Crippen LogP contribution in [0.5, 0.6) is 0 Å². The zero-order chi connectivity index (χ0) is 52.8. The van der Waals surface area contributed by atoms with E-state index in [0.29, 0.717) is 24.0 Å². The molecule has 0 spiro atoms. The predicted octanol–water partition coefficient (Wildman–Crippen LogP) is 4.55. The van der Waals surface area contributed by atoms with Crippen molar-refractivity contribution >= 4 is 40.9 Å². The molecule has 2 aromatic heterocycles. The lowest BCUT2D eigenvalue weighted by molar-refractivity contribution is -0.145. The molecule has 22 heteroatoms. The summed E-state index contributed by atoms with van der Waals surface area (Å²) in [5.74, 6) is -1.01. The van der Waals surface area contributed by atoms with Crippen LogP contribution in [0.1, 0.15) is 120 Å². The van der Waals surface area contributed by atoms with E-state index in [0.717, 1.165) is 0 Å². The van der Waals surface area contributed by atoms with Crippen LogP contribution in [0.4, 0.5) is 0 Å². The highest BCUT2D eigenvalue weighted by Gasteiger charge is 2.49. The fraction of sp³-hybridized carbons (Fsp3) is 0.750. The van der Waals surface area contributed by atoms with Gasteiger partial charge in [0, 0.05) is 48.8 Å². The SMILES string of the molecule is Cc1cn([C@H]2C[C@H](O[Si](C)(C)C(C)(C)C)[C@@H](CO[C@]3(C)C=NCC(C)(C)NC(=O)[C@@](C)(OC[C@H]4O[C@@H](n5cc(C)c(=O)[nH]c5=O)C[C@@H]4O[Si](C)(C)C(C)(C)C)C=NCC(C)(C)NC3=O)O2)c(=O)[nH]c1=O. The Balaban J connectivity index is 1.39. The van der Waals surface area contributed by atoms with Gasteiger partial charge in [-0.15, -0.1) is 0 Å². The Morgan fingerprint density at radius 1 is 0.614 bits per heavy atom. The number of H-pyrrole nitrogens is 2. The van der Waals surface area contributed by atoms with Crippen LogP contribution in [0.15, 0.2) is 41.6 Å². The number of carbonyl (C=O) groups is 2. The fourth-order valence-corrected chi connectivity index (χ4v) is 10.4. The summed E-state index contributed by atoms with van der Waals surface area (Å²) >= 11 is 0. The van der Waals surface area contributed by atoms with Crippen LogP contribution >= 0.6 is 0 Å². The third kappa shape index (κ3) is 13.3. The van der Waals surface area contributed by atoms with E-state index in [2.05, 4.69) is 88.3 Å². The van der Waals surface area contributed by atoms with Gasteiger partial charge in [-0.1, -0.05) is 41.5 Å². The lowest BCUT2D eigenvalue weighted by Gasteiger charge is -2.39. The summed E-state index contributed by atoms with van der Waals surface area (Å²) in [4.78, 5) is 93.5. The molecule has 2 aromatic rings. The standard InChI is InChI=1S/C48H80N8O12Si2/c1-29-21-55(41(61)51-37(29)57)35-19-31(67-69(15,16)43(3,4)5)33(65-35)23-63-47(13)27-49-25-46(11,12)54-40(60)48(14,28-50-26-45(9,10)53-39(47)59)64-24-34-32(68-70(17,18)44(6,7)8)20-36(66-34)56-22-30(2)38(58)52-42(56)62/h21-22,27-28,31-36H,19-20,23-26H2,1-18H3,(H,53,59)(H,54,60)(H,51,57,61)(H,52,58,62)/t31-,32-,33+,34+,35+,36+,47-,48+/m0/s1. The van der Waals surface area contributed by atoms with Crippen molar-refractivity contribution in [3.05, 3.63) is 65.2 Å². The summed E-state index contributed by atoms with van der Waals surface area (Å²) in [5, 5.41) is 5.83. The number of nitrogens with zero attached hydrogens (tertiary/aromatic N) is 4. The number of nitrogens with one attached hydrogen (secondary N) is 4.